The Morgan fingerprint density at radius 3 is 1.45 bits per heavy atom. The highest BCUT2D eigenvalue weighted by atomic mass is 15.3. The Labute approximate surface area is 137 Å². The minimum absolute atomic E-state index is 1.12. The van der Waals surface area contributed by atoms with Crippen molar-refractivity contribution in [2.45, 2.75) is 39.5 Å². The Balaban J connectivity index is 1.63. The minimum Gasteiger partial charge on any atom is -0.290 e. The third-order valence-corrected chi connectivity index (χ3v) is 4.67. The van der Waals surface area contributed by atoms with Gasteiger partial charge in [0, 0.05) is 39.3 Å². The maximum absolute atomic E-state index is 2.59. The summed E-state index contributed by atoms with van der Waals surface area (Å²) in [4.78, 5) is 10.3. The van der Waals surface area contributed by atoms with E-state index in [1.807, 2.05) is 0 Å². The Bertz CT molecular complexity index is 284. The van der Waals surface area contributed by atoms with Crippen molar-refractivity contribution in [1.29, 1.82) is 0 Å². The molecule has 0 amide bonds. The Hall–Kier alpha value is -0.420. The molecule has 2 aliphatic heterocycles. The van der Waals surface area contributed by atoms with Crippen LogP contribution in [-0.4, -0.2) is 85.3 Å². The van der Waals surface area contributed by atoms with Gasteiger partial charge in [0.15, 0.2) is 0 Å². The summed E-state index contributed by atoms with van der Waals surface area (Å²) in [5.74, 6) is 0. The molecule has 4 nitrogen and oxygen atoms in total. The van der Waals surface area contributed by atoms with Crippen LogP contribution in [0.15, 0.2) is 12.2 Å². The molecule has 2 rings (SSSR count). The second-order valence-electron chi connectivity index (χ2n) is 6.85. The van der Waals surface area contributed by atoms with E-state index in [1.165, 1.54) is 65.0 Å². The van der Waals surface area contributed by atoms with Crippen LogP contribution in [-0.2, 0) is 0 Å². The molecule has 0 saturated carbocycles. The molecule has 0 aromatic carbocycles. The number of rotatable bonds is 8. The summed E-state index contributed by atoms with van der Waals surface area (Å²) in [5.41, 5.74) is 0. The number of hydrogen-bond donors (Lipinski definition) is 0. The molecule has 0 N–H and O–H groups in total. The van der Waals surface area contributed by atoms with Gasteiger partial charge in [-0.15, -0.1) is 0 Å². The molecule has 2 fully saturated rings. The third-order valence-electron chi connectivity index (χ3n) is 4.67. The van der Waals surface area contributed by atoms with E-state index >= 15 is 0 Å². The first kappa shape index (κ1) is 17.9. The highest BCUT2D eigenvalue weighted by Crippen LogP contribution is 2.08. The average molecular weight is 309 g/mol. The molecule has 22 heavy (non-hydrogen) atoms. The van der Waals surface area contributed by atoms with Crippen molar-refractivity contribution in [3.05, 3.63) is 12.2 Å². The summed E-state index contributed by atoms with van der Waals surface area (Å²) in [5, 5.41) is 0. The van der Waals surface area contributed by atoms with Crippen molar-refractivity contribution < 1.29 is 0 Å². The van der Waals surface area contributed by atoms with E-state index in [0.29, 0.717) is 0 Å². The van der Waals surface area contributed by atoms with Crippen LogP contribution in [0, 0.1) is 0 Å². The zero-order valence-electron chi connectivity index (χ0n) is 14.8. The molecule has 2 aliphatic rings. The lowest BCUT2D eigenvalue weighted by atomic mass is 10.2. The van der Waals surface area contributed by atoms with Gasteiger partial charge in [0.25, 0.3) is 0 Å². The lowest BCUT2D eigenvalue weighted by Gasteiger charge is -2.35. The van der Waals surface area contributed by atoms with E-state index in [-0.39, 0.29) is 0 Å². The first-order valence-corrected chi connectivity index (χ1v) is 9.36. The molecule has 0 aliphatic carbocycles. The van der Waals surface area contributed by atoms with Gasteiger partial charge in [0.1, 0.15) is 0 Å². The standard InChI is InChI=1S/C18H36N4/c1-3-9-19-13-7-15-21(17-19)11-5-6-12-22-16-8-14-20(18-22)10-4-2/h5-6H,3-4,7-18H2,1-2H3. The fourth-order valence-corrected chi connectivity index (χ4v) is 3.63. The molecule has 0 radical (unpaired) electrons. The maximum atomic E-state index is 2.59. The van der Waals surface area contributed by atoms with Gasteiger partial charge in [-0.1, -0.05) is 26.0 Å². The molecule has 0 unspecified atom stereocenters. The quantitative estimate of drug-likeness (QED) is 0.638. The van der Waals surface area contributed by atoms with Gasteiger partial charge in [-0.2, -0.15) is 0 Å². The summed E-state index contributed by atoms with van der Waals surface area (Å²) in [6.07, 6.45) is 9.96. The summed E-state index contributed by atoms with van der Waals surface area (Å²) >= 11 is 0. The lowest BCUT2D eigenvalue weighted by molar-refractivity contribution is 0.0930. The molecule has 0 spiro atoms. The van der Waals surface area contributed by atoms with Crippen molar-refractivity contribution in [2.75, 3.05) is 65.7 Å². The number of nitrogens with zero attached hydrogens (tertiary/aromatic N) is 4. The van der Waals surface area contributed by atoms with Gasteiger partial charge in [-0.3, -0.25) is 19.6 Å². The molecule has 0 aromatic heterocycles. The average Bonchev–Trinajstić information content (AvgIpc) is 2.53. The molecule has 2 heterocycles. The van der Waals surface area contributed by atoms with Crippen molar-refractivity contribution >= 4 is 0 Å². The molecule has 128 valence electrons. The maximum Gasteiger partial charge on any atom is 0.0509 e. The molecule has 0 atom stereocenters. The first-order chi connectivity index (χ1) is 10.8. The van der Waals surface area contributed by atoms with Crippen LogP contribution in [0.25, 0.3) is 0 Å². The van der Waals surface area contributed by atoms with E-state index in [9.17, 15) is 0 Å². The number of hydrogen-bond acceptors (Lipinski definition) is 4. The van der Waals surface area contributed by atoms with Crippen LogP contribution in [0.4, 0.5) is 0 Å². The normalized spacial score (nSPS) is 23.5. The van der Waals surface area contributed by atoms with Crippen LogP contribution in [0.1, 0.15) is 39.5 Å². The second kappa shape index (κ2) is 10.4. The van der Waals surface area contributed by atoms with E-state index in [1.54, 1.807) is 0 Å². The highest BCUT2D eigenvalue weighted by Gasteiger charge is 2.16. The summed E-state index contributed by atoms with van der Waals surface area (Å²) < 4.78 is 0. The molecule has 0 aromatic rings. The van der Waals surface area contributed by atoms with Crippen LogP contribution in [0.3, 0.4) is 0 Å². The van der Waals surface area contributed by atoms with Crippen LogP contribution in [0.2, 0.25) is 0 Å². The monoisotopic (exact) mass is 308 g/mol. The van der Waals surface area contributed by atoms with Crippen LogP contribution >= 0.6 is 0 Å². The smallest absolute Gasteiger partial charge is 0.0509 e. The van der Waals surface area contributed by atoms with Crippen molar-refractivity contribution in [3.8, 4) is 0 Å². The molecular formula is C18H36N4. The van der Waals surface area contributed by atoms with Gasteiger partial charge in [0.2, 0.25) is 0 Å². The molecule has 0 bridgehead atoms. The predicted octanol–water partition coefficient (Wildman–Crippen LogP) is 2.29. The fourth-order valence-electron chi connectivity index (χ4n) is 3.63. The Morgan fingerprint density at radius 2 is 1.05 bits per heavy atom. The summed E-state index contributed by atoms with van der Waals surface area (Å²) in [7, 11) is 0. The Morgan fingerprint density at radius 1 is 0.636 bits per heavy atom. The summed E-state index contributed by atoms with van der Waals surface area (Å²) in [6, 6.07) is 0. The zero-order chi connectivity index (χ0) is 15.6. The van der Waals surface area contributed by atoms with Gasteiger partial charge in [-0.05, 0) is 38.8 Å². The van der Waals surface area contributed by atoms with Crippen molar-refractivity contribution in [2.24, 2.45) is 0 Å². The first-order valence-electron chi connectivity index (χ1n) is 9.36. The third kappa shape index (κ3) is 6.37. The van der Waals surface area contributed by atoms with Gasteiger partial charge < -0.3 is 0 Å². The SMILES string of the molecule is CCCN1CCCN(CC=CCN2CCCN(CCC)C2)C1. The molecule has 2 saturated heterocycles. The fraction of sp³-hybridized carbons (Fsp3) is 0.889. The second-order valence-corrected chi connectivity index (χ2v) is 6.85. The van der Waals surface area contributed by atoms with Crippen LogP contribution in [0.5, 0.6) is 0 Å². The van der Waals surface area contributed by atoms with Crippen molar-refractivity contribution in [1.82, 2.24) is 19.6 Å². The van der Waals surface area contributed by atoms with E-state index in [4.69, 9.17) is 0 Å². The summed E-state index contributed by atoms with van der Waals surface area (Å²) in [6.45, 7) is 16.7. The lowest BCUT2D eigenvalue weighted by Crippen LogP contribution is -2.45. The predicted molar refractivity (Wildman–Crippen MR) is 95.0 cm³/mol. The minimum atomic E-state index is 1.12. The van der Waals surface area contributed by atoms with Gasteiger partial charge in [0.05, 0.1) is 13.3 Å². The topological polar surface area (TPSA) is 13.0 Å². The van der Waals surface area contributed by atoms with Crippen LogP contribution < -0.4 is 0 Å². The van der Waals surface area contributed by atoms with E-state index in [2.05, 4.69) is 45.6 Å². The molecular weight excluding hydrogens is 272 g/mol. The van der Waals surface area contributed by atoms with Crippen molar-refractivity contribution in [3.63, 3.8) is 0 Å². The zero-order valence-corrected chi connectivity index (χ0v) is 14.8. The largest absolute Gasteiger partial charge is 0.290 e. The van der Waals surface area contributed by atoms with E-state index < -0.39 is 0 Å². The van der Waals surface area contributed by atoms with E-state index in [0.717, 1.165) is 26.4 Å². The van der Waals surface area contributed by atoms with Gasteiger partial charge >= 0.3 is 0 Å². The highest BCUT2D eigenvalue weighted by molar-refractivity contribution is 4.89. The Kier molecular flexibility index (Phi) is 8.45. The molecule has 4 heteroatoms. The van der Waals surface area contributed by atoms with Gasteiger partial charge in [-0.25, -0.2) is 0 Å².